The van der Waals surface area contributed by atoms with Gasteiger partial charge in [-0.3, -0.25) is 9.59 Å². The van der Waals surface area contributed by atoms with Crippen LogP contribution in [0.5, 0.6) is 0 Å². The van der Waals surface area contributed by atoms with E-state index in [0.29, 0.717) is 12.2 Å². The maximum absolute atomic E-state index is 12.7. The summed E-state index contributed by atoms with van der Waals surface area (Å²) in [7, 11) is 0. The molecule has 0 bridgehead atoms. The van der Waals surface area contributed by atoms with Gasteiger partial charge in [-0.25, -0.2) is 0 Å². The van der Waals surface area contributed by atoms with Crippen LogP contribution in [-0.4, -0.2) is 40.8 Å². The van der Waals surface area contributed by atoms with Crippen molar-refractivity contribution in [3.63, 3.8) is 0 Å². The zero-order valence-electron chi connectivity index (χ0n) is 14.5. The lowest BCUT2D eigenvalue weighted by atomic mass is 10.1. The highest BCUT2D eigenvalue weighted by Gasteiger charge is 2.19. The number of H-pyrrole nitrogens is 1. The number of aromatic nitrogens is 1. The normalized spacial score (nSPS) is 11.0. The Labute approximate surface area is 137 Å². The maximum Gasteiger partial charge on any atom is 0.270 e. The molecule has 2 aromatic rings. The highest BCUT2D eigenvalue weighted by molar-refractivity contribution is 6.00. The second-order valence-corrected chi connectivity index (χ2v) is 6.27. The molecule has 0 aliphatic heterocycles. The number of carbonyl (C=O) groups excluding carboxylic acids is 2. The summed E-state index contributed by atoms with van der Waals surface area (Å²) in [6, 6.07) is 6.06. The predicted molar refractivity (Wildman–Crippen MR) is 92.6 cm³/mol. The average Bonchev–Trinajstić information content (AvgIpc) is 2.87. The molecule has 2 amide bonds. The lowest BCUT2D eigenvalue weighted by Crippen LogP contribution is -2.42. The van der Waals surface area contributed by atoms with Crippen molar-refractivity contribution in [1.29, 1.82) is 0 Å². The SMILES string of the molecule is CCN(CC(=O)NC(C)C)C(=O)c1cc2c(C)cc(C)cc2[nH]1. The first-order valence-electron chi connectivity index (χ1n) is 8.00. The predicted octanol–water partition coefficient (Wildman–Crippen LogP) is 2.77. The summed E-state index contributed by atoms with van der Waals surface area (Å²) in [5, 5.41) is 3.86. The molecule has 124 valence electrons. The van der Waals surface area contributed by atoms with Crippen LogP contribution in [0.25, 0.3) is 10.9 Å². The van der Waals surface area contributed by atoms with E-state index < -0.39 is 0 Å². The molecule has 0 atom stereocenters. The van der Waals surface area contributed by atoms with E-state index in [4.69, 9.17) is 0 Å². The number of likely N-dealkylation sites (N-methyl/N-ethyl adjacent to an activating group) is 1. The van der Waals surface area contributed by atoms with E-state index in [0.717, 1.165) is 22.0 Å². The second-order valence-electron chi connectivity index (χ2n) is 6.27. The van der Waals surface area contributed by atoms with Crippen molar-refractivity contribution in [2.45, 2.75) is 40.7 Å². The summed E-state index contributed by atoms with van der Waals surface area (Å²) < 4.78 is 0. The van der Waals surface area contributed by atoms with Gasteiger partial charge >= 0.3 is 0 Å². The quantitative estimate of drug-likeness (QED) is 0.891. The number of aryl methyl sites for hydroxylation is 2. The topological polar surface area (TPSA) is 65.2 Å². The largest absolute Gasteiger partial charge is 0.352 e. The van der Waals surface area contributed by atoms with E-state index in [-0.39, 0.29) is 24.4 Å². The van der Waals surface area contributed by atoms with Crippen LogP contribution in [0.3, 0.4) is 0 Å². The molecule has 23 heavy (non-hydrogen) atoms. The van der Waals surface area contributed by atoms with Gasteiger partial charge in [-0.05, 0) is 57.9 Å². The van der Waals surface area contributed by atoms with E-state index in [1.54, 1.807) is 4.90 Å². The number of rotatable bonds is 5. The zero-order valence-corrected chi connectivity index (χ0v) is 14.5. The fourth-order valence-corrected chi connectivity index (χ4v) is 2.75. The summed E-state index contributed by atoms with van der Waals surface area (Å²) in [5.41, 5.74) is 3.76. The molecule has 0 saturated heterocycles. The molecule has 0 spiro atoms. The fourth-order valence-electron chi connectivity index (χ4n) is 2.75. The van der Waals surface area contributed by atoms with E-state index in [1.807, 2.05) is 46.8 Å². The molecule has 2 N–H and O–H groups in total. The Hall–Kier alpha value is -2.30. The van der Waals surface area contributed by atoms with Gasteiger partial charge in [0.15, 0.2) is 0 Å². The lowest BCUT2D eigenvalue weighted by molar-refractivity contribution is -0.122. The van der Waals surface area contributed by atoms with Gasteiger partial charge in [-0.1, -0.05) is 6.07 Å². The van der Waals surface area contributed by atoms with Crippen molar-refractivity contribution in [2.24, 2.45) is 0 Å². The van der Waals surface area contributed by atoms with Crippen LogP contribution >= 0.6 is 0 Å². The Bertz CT molecular complexity index is 731. The van der Waals surface area contributed by atoms with E-state index in [2.05, 4.69) is 16.4 Å². The molecule has 2 rings (SSSR count). The molecule has 0 radical (unpaired) electrons. The molecular formula is C18H25N3O2. The number of hydrogen-bond donors (Lipinski definition) is 2. The van der Waals surface area contributed by atoms with Crippen molar-refractivity contribution in [2.75, 3.05) is 13.1 Å². The van der Waals surface area contributed by atoms with Gasteiger partial charge < -0.3 is 15.2 Å². The summed E-state index contributed by atoms with van der Waals surface area (Å²) in [5.74, 6) is -0.294. The summed E-state index contributed by atoms with van der Waals surface area (Å²) in [6.07, 6.45) is 0. The van der Waals surface area contributed by atoms with E-state index >= 15 is 0 Å². The number of fused-ring (bicyclic) bond motifs is 1. The van der Waals surface area contributed by atoms with Crippen LogP contribution in [0, 0.1) is 13.8 Å². The van der Waals surface area contributed by atoms with Gasteiger partial charge in [0.2, 0.25) is 5.91 Å². The second kappa shape index (κ2) is 6.86. The molecule has 1 aromatic heterocycles. The van der Waals surface area contributed by atoms with Crippen molar-refractivity contribution in [1.82, 2.24) is 15.2 Å². The smallest absolute Gasteiger partial charge is 0.270 e. The molecule has 0 unspecified atom stereocenters. The fraction of sp³-hybridized carbons (Fsp3) is 0.444. The molecule has 1 aromatic carbocycles. The van der Waals surface area contributed by atoms with Crippen LogP contribution in [0.4, 0.5) is 0 Å². The molecular weight excluding hydrogens is 290 g/mol. The standard InChI is InChI=1S/C18H25N3O2/c1-6-21(10-17(22)19-11(2)3)18(23)16-9-14-13(5)7-12(4)8-15(14)20-16/h7-9,11,20H,6,10H2,1-5H3,(H,19,22). The Balaban J connectivity index is 2.24. The third kappa shape index (κ3) is 3.92. The first kappa shape index (κ1) is 17.1. The molecule has 1 heterocycles. The van der Waals surface area contributed by atoms with Gasteiger partial charge in [-0.15, -0.1) is 0 Å². The highest BCUT2D eigenvalue weighted by Crippen LogP contribution is 2.22. The summed E-state index contributed by atoms with van der Waals surface area (Å²) in [4.78, 5) is 29.3. The van der Waals surface area contributed by atoms with Gasteiger partial charge in [0, 0.05) is 23.5 Å². The first-order valence-corrected chi connectivity index (χ1v) is 8.00. The lowest BCUT2D eigenvalue weighted by Gasteiger charge is -2.20. The van der Waals surface area contributed by atoms with Crippen LogP contribution in [0.1, 0.15) is 42.4 Å². The van der Waals surface area contributed by atoms with E-state index in [1.165, 1.54) is 0 Å². The van der Waals surface area contributed by atoms with Crippen molar-refractivity contribution >= 4 is 22.7 Å². The van der Waals surface area contributed by atoms with Crippen LogP contribution in [0.15, 0.2) is 18.2 Å². The van der Waals surface area contributed by atoms with Gasteiger partial charge in [0.05, 0.1) is 6.54 Å². The number of amides is 2. The summed E-state index contributed by atoms with van der Waals surface area (Å²) >= 11 is 0. The average molecular weight is 315 g/mol. The number of nitrogens with one attached hydrogen (secondary N) is 2. The molecule has 0 aliphatic carbocycles. The van der Waals surface area contributed by atoms with Crippen molar-refractivity contribution in [3.05, 3.63) is 35.0 Å². The number of nitrogens with zero attached hydrogens (tertiary/aromatic N) is 1. The van der Waals surface area contributed by atoms with Crippen molar-refractivity contribution < 1.29 is 9.59 Å². The Kier molecular flexibility index (Phi) is 5.08. The van der Waals surface area contributed by atoms with Gasteiger partial charge in [-0.2, -0.15) is 0 Å². The van der Waals surface area contributed by atoms with Crippen LogP contribution in [-0.2, 0) is 4.79 Å². The maximum atomic E-state index is 12.7. The molecule has 5 heteroatoms. The van der Waals surface area contributed by atoms with Crippen molar-refractivity contribution in [3.8, 4) is 0 Å². The van der Waals surface area contributed by atoms with E-state index in [9.17, 15) is 9.59 Å². The number of benzene rings is 1. The minimum absolute atomic E-state index is 0.0648. The Morgan fingerprint density at radius 2 is 1.91 bits per heavy atom. The zero-order chi connectivity index (χ0) is 17.1. The minimum Gasteiger partial charge on any atom is -0.352 e. The monoisotopic (exact) mass is 315 g/mol. The summed E-state index contributed by atoms with van der Waals surface area (Å²) in [6.45, 7) is 10.3. The Morgan fingerprint density at radius 1 is 1.22 bits per heavy atom. The first-order chi connectivity index (χ1) is 10.8. The molecule has 0 aliphatic rings. The molecule has 0 fully saturated rings. The van der Waals surface area contributed by atoms with Crippen LogP contribution in [0.2, 0.25) is 0 Å². The number of carbonyl (C=O) groups is 2. The molecule has 0 saturated carbocycles. The third-order valence-corrected chi connectivity index (χ3v) is 3.77. The number of aromatic amines is 1. The van der Waals surface area contributed by atoms with Gasteiger partial charge in [0.1, 0.15) is 5.69 Å². The Morgan fingerprint density at radius 3 is 2.52 bits per heavy atom. The number of hydrogen-bond acceptors (Lipinski definition) is 2. The van der Waals surface area contributed by atoms with Gasteiger partial charge in [0.25, 0.3) is 5.91 Å². The molecule has 5 nitrogen and oxygen atoms in total. The third-order valence-electron chi connectivity index (χ3n) is 3.77. The van der Waals surface area contributed by atoms with Crippen LogP contribution < -0.4 is 5.32 Å². The highest BCUT2D eigenvalue weighted by atomic mass is 16.2. The minimum atomic E-state index is -0.153.